The number of nitrogens with zero attached hydrogens (tertiary/aromatic N) is 4. The van der Waals surface area contributed by atoms with E-state index in [1.165, 1.54) is 0 Å². The molecule has 6 nitrogen and oxygen atoms in total. The van der Waals surface area contributed by atoms with Crippen LogP contribution in [0.5, 0.6) is 0 Å². The highest BCUT2D eigenvalue weighted by molar-refractivity contribution is 5.68. The maximum absolute atomic E-state index is 10.3. The Kier molecular flexibility index (Phi) is 3.95. The van der Waals surface area contributed by atoms with Crippen molar-refractivity contribution >= 4 is 22.7 Å². The van der Waals surface area contributed by atoms with Gasteiger partial charge < -0.3 is 0 Å². The first-order valence-corrected chi connectivity index (χ1v) is 6.64. The summed E-state index contributed by atoms with van der Waals surface area (Å²) in [6.45, 7) is 0. The van der Waals surface area contributed by atoms with Crippen molar-refractivity contribution in [2.75, 3.05) is 10.1 Å². The van der Waals surface area contributed by atoms with Gasteiger partial charge in [0.15, 0.2) is 0 Å². The summed E-state index contributed by atoms with van der Waals surface area (Å²) in [5.41, 5.74) is 2.22. The van der Waals surface area contributed by atoms with Gasteiger partial charge in [-0.2, -0.15) is 0 Å². The van der Waals surface area contributed by atoms with Crippen LogP contribution >= 0.6 is 0 Å². The van der Waals surface area contributed by atoms with Gasteiger partial charge in [0.05, 0.1) is 22.7 Å². The van der Waals surface area contributed by atoms with E-state index in [1.54, 1.807) is 73.3 Å². The second kappa shape index (κ2) is 6.21. The fourth-order valence-corrected chi connectivity index (χ4v) is 2.03. The van der Waals surface area contributed by atoms with E-state index < -0.39 is 0 Å². The van der Waals surface area contributed by atoms with E-state index >= 15 is 0 Å². The monoisotopic (exact) mass is 294 g/mol. The van der Waals surface area contributed by atoms with E-state index in [2.05, 4.69) is 9.97 Å². The Labute approximate surface area is 127 Å². The standard InChI is InChI=1S/C16H14N4O2/c21-19(13-4-8-17-9-5-13)15-2-1-3-16(12-15)20(22)14-6-10-18-11-7-14/h1-12,21-22H. The summed E-state index contributed by atoms with van der Waals surface area (Å²) in [5, 5.41) is 22.6. The molecule has 0 saturated carbocycles. The van der Waals surface area contributed by atoms with Gasteiger partial charge in [-0.1, -0.05) is 6.07 Å². The predicted molar refractivity (Wildman–Crippen MR) is 82.8 cm³/mol. The number of rotatable bonds is 4. The van der Waals surface area contributed by atoms with E-state index in [9.17, 15) is 10.4 Å². The second-order valence-corrected chi connectivity index (χ2v) is 4.55. The van der Waals surface area contributed by atoms with Crippen LogP contribution in [0.15, 0.2) is 73.3 Å². The molecule has 2 N–H and O–H groups in total. The zero-order chi connectivity index (χ0) is 15.4. The first-order valence-electron chi connectivity index (χ1n) is 6.64. The lowest BCUT2D eigenvalue weighted by molar-refractivity contribution is 0.297. The molecular weight excluding hydrogens is 280 g/mol. The molecule has 2 aromatic heterocycles. The fourth-order valence-electron chi connectivity index (χ4n) is 2.03. The number of benzene rings is 1. The fraction of sp³-hybridized carbons (Fsp3) is 0. The minimum absolute atomic E-state index is 0.525. The molecule has 0 atom stereocenters. The molecule has 0 unspecified atom stereocenters. The van der Waals surface area contributed by atoms with Gasteiger partial charge in [-0.25, -0.2) is 10.1 Å². The Balaban J connectivity index is 1.90. The first kappa shape index (κ1) is 14.0. The molecular formula is C16H14N4O2. The number of anilines is 4. The van der Waals surface area contributed by atoms with Crippen LogP contribution in [0.25, 0.3) is 0 Å². The van der Waals surface area contributed by atoms with Crippen molar-refractivity contribution < 1.29 is 10.4 Å². The Morgan fingerprint density at radius 1 is 0.591 bits per heavy atom. The summed E-state index contributed by atoms with van der Waals surface area (Å²) in [5.74, 6) is 0. The quantitative estimate of drug-likeness (QED) is 0.717. The Morgan fingerprint density at radius 3 is 1.41 bits per heavy atom. The molecule has 0 fully saturated rings. The van der Waals surface area contributed by atoms with Crippen LogP contribution in [-0.2, 0) is 0 Å². The van der Waals surface area contributed by atoms with Crippen LogP contribution in [0.1, 0.15) is 0 Å². The summed E-state index contributed by atoms with van der Waals surface area (Å²) in [6, 6.07) is 13.6. The summed E-state index contributed by atoms with van der Waals surface area (Å²) in [4.78, 5) is 7.83. The van der Waals surface area contributed by atoms with Crippen molar-refractivity contribution in [2.24, 2.45) is 0 Å². The SMILES string of the molecule is ON(c1ccncc1)c1cccc(N(O)c2ccncc2)c1. The molecule has 0 bridgehead atoms. The van der Waals surface area contributed by atoms with Crippen molar-refractivity contribution in [3.63, 3.8) is 0 Å². The molecule has 3 rings (SSSR count). The summed E-state index contributed by atoms with van der Waals surface area (Å²) >= 11 is 0. The molecule has 0 aliphatic rings. The molecule has 0 saturated heterocycles. The lowest BCUT2D eigenvalue weighted by atomic mass is 10.2. The molecule has 22 heavy (non-hydrogen) atoms. The minimum Gasteiger partial charge on any atom is -0.284 e. The third-order valence-electron chi connectivity index (χ3n) is 3.13. The number of pyridine rings is 2. The van der Waals surface area contributed by atoms with Crippen molar-refractivity contribution in [3.8, 4) is 0 Å². The average molecular weight is 294 g/mol. The third kappa shape index (κ3) is 2.88. The van der Waals surface area contributed by atoms with E-state index in [4.69, 9.17) is 0 Å². The normalized spacial score (nSPS) is 10.3. The first-order chi connectivity index (χ1) is 10.8. The Morgan fingerprint density at radius 2 is 1.00 bits per heavy atom. The highest BCUT2D eigenvalue weighted by Gasteiger charge is 2.10. The maximum atomic E-state index is 10.3. The minimum atomic E-state index is 0.525. The zero-order valence-corrected chi connectivity index (χ0v) is 11.6. The molecule has 1 aromatic carbocycles. The maximum Gasteiger partial charge on any atom is 0.0723 e. The molecule has 0 radical (unpaired) electrons. The molecule has 2 heterocycles. The van der Waals surface area contributed by atoms with Gasteiger partial charge in [0.1, 0.15) is 0 Å². The summed E-state index contributed by atoms with van der Waals surface area (Å²) in [7, 11) is 0. The van der Waals surface area contributed by atoms with E-state index in [0.717, 1.165) is 10.1 Å². The van der Waals surface area contributed by atoms with E-state index in [1.807, 2.05) is 0 Å². The summed E-state index contributed by atoms with van der Waals surface area (Å²) in [6.07, 6.45) is 6.38. The van der Waals surface area contributed by atoms with Gasteiger partial charge >= 0.3 is 0 Å². The molecule has 0 amide bonds. The highest BCUT2D eigenvalue weighted by Crippen LogP contribution is 2.29. The molecule has 0 aliphatic heterocycles. The van der Waals surface area contributed by atoms with E-state index in [-0.39, 0.29) is 0 Å². The third-order valence-corrected chi connectivity index (χ3v) is 3.13. The Bertz CT molecular complexity index is 677. The number of hydrogen-bond donors (Lipinski definition) is 2. The average Bonchev–Trinajstić information content (AvgIpc) is 2.62. The summed E-state index contributed by atoms with van der Waals surface area (Å²) < 4.78 is 0. The lowest BCUT2D eigenvalue weighted by Gasteiger charge is -2.21. The van der Waals surface area contributed by atoms with Crippen molar-refractivity contribution in [1.82, 2.24) is 9.97 Å². The van der Waals surface area contributed by atoms with Gasteiger partial charge in [0, 0.05) is 24.8 Å². The zero-order valence-electron chi connectivity index (χ0n) is 11.6. The number of hydrogen-bond acceptors (Lipinski definition) is 6. The molecule has 3 aromatic rings. The van der Waals surface area contributed by atoms with Crippen LogP contribution in [-0.4, -0.2) is 20.4 Å². The molecule has 0 aliphatic carbocycles. The van der Waals surface area contributed by atoms with Crippen LogP contribution in [0.4, 0.5) is 22.7 Å². The highest BCUT2D eigenvalue weighted by atomic mass is 16.5. The van der Waals surface area contributed by atoms with Gasteiger partial charge in [-0.3, -0.25) is 20.4 Å². The predicted octanol–water partition coefficient (Wildman–Crippen LogP) is 3.53. The topological polar surface area (TPSA) is 72.7 Å². The lowest BCUT2D eigenvalue weighted by Crippen LogP contribution is -2.13. The van der Waals surface area contributed by atoms with Gasteiger partial charge in [0.25, 0.3) is 0 Å². The number of aromatic nitrogens is 2. The largest absolute Gasteiger partial charge is 0.284 e. The van der Waals surface area contributed by atoms with Crippen LogP contribution in [0.2, 0.25) is 0 Å². The Hall–Kier alpha value is -2.96. The van der Waals surface area contributed by atoms with Crippen LogP contribution in [0.3, 0.4) is 0 Å². The van der Waals surface area contributed by atoms with Gasteiger partial charge in [-0.15, -0.1) is 0 Å². The molecule has 0 spiro atoms. The molecule has 6 heteroatoms. The smallest absolute Gasteiger partial charge is 0.0723 e. The van der Waals surface area contributed by atoms with Crippen molar-refractivity contribution in [2.45, 2.75) is 0 Å². The molecule has 110 valence electrons. The van der Waals surface area contributed by atoms with Crippen molar-refractivity contribution in [3.05, 3.63) is 73.3 Å². The van der Waals surface area contributed by atoms with E-state index in [0.29, 0.717) is 22.7 Å². The van der Waals surface area contributed by atoms with Crippen molar-refractivity contribution in [1.29, 1.82) is 0 Å². The van der Waals surface area contributed by atoms with Gasteiger partial charge in [-0.05, 0) is 42.5 Å². The second-order valence-electron chi connectivity index (χ2n) is 4.55. The van der Waals surface area contributed by atoms with Crippen LogP contribution in [0, 0.1) is 0 Å². The van der Waals surface area contributed by atoms with Crippen LogP contribution < -0.4 is 10.1 Å². The van der Waals surface area contributed by atoms with Gasteiger partial charge in [0.2, 0.25) is 0 Å².